The summed E-state index contributed by atoms with van der Waals surface area (Å²) in [6.07, 6.45) is 1.97. The van der Waals surface area contributed by atoms with Gasteiger partial charge < -0.3 is 16.2 Å². The maximum Gasteiger partial charge on any atom is 0.258 e. The quantitative estimate of drug-likeness (QED) is 0.753. The van der Waals surface area contributed by atoms with Crippen molar-refractivity contribution in [3.05, 3.63) is 52.8 Å². The number of benzene rings is 1. The third-order valence-electron chi connectivity index (χ3n) is 2.72. The zero-order valence-electron chi connectivity index (χ0n) is 10.6. The number of carbonyl (C=O) groups excluding carboxylic acids is 1. The van der Waals surface area contributed by atoms with Crippen molar-refractivity contribution in [3.63, 3.8) is 0 Å². The molecule has 2 rings (SSSR count). The standard InChI is InChI=1S/C14H14ClN3O2/c15-13-12(7-10(16)8-17-13)14(20)18-11-3-1-9(2-4-11)5-6-19/h1-4,7-8,19H,5-6,16H2,(H,18,20). The summed E-state index contributed by atoms with van der Waals surface area (Å²) in [6.45, 7) is 0.0935. The van der Waals surface area contributed by atoms with E-state index in [1.54, 1.807) is 12.1 Å². The van der Waals surface area contributed by atoms with Crippen LogP contribution in [0.1, 0.15) is 15.9 Å². The summed E-state index contributed by atoms with van der Waals surface area (Å²) in [5.74, 6) is -0.371. The Hall–Kier alpha value is -2.11. The molecule has 6 heteroatoms. The van der Waals surface area contributed by atoms with Gasteiger partial charge >= 0.3 is 0 Å². The Balaban J connectivity index is 2.13. The van der Waals surface area contributed by atoms with Crippen molar-refractivity contribution in [2.75, 3.05) is 17.7 Å². The van der Waals surface area contributed by atoms with Gasteiger partial charge in [-0.2, -0.15) is 0 Å². The Bertz CT molecular complexity index is 614. The summed E-state index contributed by atoms with van der Waals surface area (Å²) < 4.78 is 0. The van der Waals surface area contributed by atoms with Crippen molar-refractivity contribution in [1.29, 1.82) is 0 Å². The van der Waals surface area contributed by atoms with E-state index in [0.29, 0.717) is 17.8 Å². The first-order chi connectivity index (χ1) is 9.60. The fourth-order valence-corrected chi connectivity index (χ4v) is 1.89. The molecule has 0 saturated carbocycles. The van der Waals surface area contributed by atoms with Crippen LogP contribution in [0.2, 0.25) is 5.15 Å². The van der Waals surface area contributed by atoms with Crippen LogP contribution in [0.4, 0.5) is 11.4 Å². The number of pyridine rings is 1. The van der Waals surface area contributed by atoms with Crippen LogP contribution in [0.25, 0.3) is 0 Å². The van der Waals surface area contributed by atoms with Crippen molar-refractivity contribution in [1.82, 2.24) is 4.98 Å². The van der Waals surface area contributed by atoms with Crippen LogP contribution in [0, 0.1) is 0 Å². The molecular formula is C14H14ClN3O2. The van der Waals surface area contributed by atoms with E-state index in [9.17, 15) is 4.79 Å². The van der Waals surface area contributed by atoms with Crippen LogP contribution in [-0.2, 0) is 6.42 Å². The highest BCUT2D eigenvalue weighted by Crippen LogP contribution is 2.18. The number of aliphatic hydroxyl groups excluding tert-OH is 1. The highest BCUT2D eigenvalue weighted by atomic mass is 35.5. The summed E-state index contributed by atoms with van der Waals surface area (Å²) in [6, 6.07) is 8.67. The number of nitrogen functional groups attached to an aromatic ring is 1. The van der Waals surface area contributed by atoms with Gasteiger partial charge in [0.25, 0.3) is 5.91 Å². The van der Waals surface area contributed by atoms with Gasteiger partial charge in [0, 0.05) is 12.3 Å². The number of aromatic nitrogens is 1. The van der Waals surface area contributed by atoms with Gasteiger partial charge in [-0.3, -0.25) is 4.79 Å². The van der Waals surface area contributed by atoms with Gasteiger partial charge in [0.05, 0.1) is 17.4 Å². The molecule has 0 unspecified atom stereocenters. The van der Waals surface area contributed by atoms with Crippen LogP contribution < -0.4 is 11.1 Å². The molecule has 0 bridgehead atoms. The minimum Gasteiger partial charge on any atom is -0.397 e. The second-order valence-corrected chi connectivity index (χ2v) is 4.59. The molecule has 4 N–H and O–H groups in total. The number of hydrogen-bond acceptors (Lipinski definition) is 4. The van der Waals surface area contributed by atoms with Crippen molar-refractivity contribution >= 4 is 28.9 Å². The molecule has 20 heavy (non-hydrogen) atoms. The van der Waals surface area contributed by atoms with Gasteiger partial charge in [-0.15, -0.1) is 0 Å². The molecule has 0 saturated heterocycles. The Morgan fingerprint density at radius 2 is 2.05 bits per heavy atom. The third-order valence-corrected chi connectivity index (χ3v) is 3.02. The number of amides is 1. The molecule has 0 atom stereocenters. The fourth-order valence-electron chi connectivity index (χ4n) is 1.71. The van der Waals surface area contributed by atoms with E-state index in [4.69, 9.17) is 22.4 Å². The number of anilines is 2. The lowest BCUT2D eigenvalue weighted by molar-refractivity contribution is 0.102. The number of nitrogens with zero attached hydrogens (tertiary/aromatic N) is 1. The molecule has 2 aromatic rings. The average Bonchev–Trinajstić information content (AvgIpc) is 2.44. The molecule has 5 nitrogen and oxygen atoms in total. The van der Waals surface area contributed by atoms with Crippen LogP contribution in [0.15, 0.2) is 36.5 Å². The minimum absolute atomic E-state index is 0.0935. The first kappa shape index (κ1) is 14.3. The topological polar surface area (TPSA) is 88.2 Å². The Labute approximate surface area is 121 Å². The predicted molar refractivity (Wildman–Crippen MR) is 78.8 cm³/mol. The van der Waals surface area contributed by atoms with Crippen molar-refractivity contribution in [3.8, 4) is 0 Å². The highest BCUT2D eigenvalue weighted by Gasteiger charge is 2.12. The van der Waals surface area contributed by atoms with Crippen molar-refractivity contribution in [2.45, 2.75) is 6.42 Å². The van der Waals surface area contributed by atoms with Gasteiger partial charge in [-0.1, -0.05) is 23.7 Å². The molecule has 0 aliphatic rings. The molecular weight excluding hydrogens is 278 g/mol. The highest BCUT2D eigenvalue weighted by molar-refractivity contribution is 6.33. The van der Waals surface area contributed by atoms with Gasteiger partial charge in [0.1, 0.15) is 5.15 Å². The molecule has 1 aromatic heterocycles. The van der Waals surface area contributed by atoms with Crippen LogP contribution in [0.3, 0.4) is 0 Å². The molecule has 1 aromatic carbocycles. The number of nitrogens with one attached hydrogen (secondary N) is 1. The minimum atomic E-state index is -0.371. The summed E-state index contributed by atoms with van der Waals surface area (Å²) >= 11 is 5.87. The van der Waals surface area contributed by atoms with Gasteiger partial charge in [-0.25, -0.2) is 4.98 Å². The Kier molecular flexibility index (Phi) is 4.55. The van der Waals surface area contributed by atoms with E-state index >= 15 is 0 Å². The summed E-state index contributed by atoms with van der Waals surface area (Å²) in [4.78, 5) is 15.9. The molecule has 1 heterocycles. The zero-order valence-corrected chi connectivity index (χ0v) is 11.4. The first-order valence-electron chi connectivity index (χ1n) is 6.02. The van der Waals surface area contributed by atoms with E-state index in [-0.39, 0.29) is 23.2 Å². The van der Waals surface area contributed by atoms with Crippen molar-refractivity contribution in [2.24, 2.45) is 0 Å². The van der Waals surface area contributed by atoms with Crippen molar-refractivity contribution < 1.29 is 9.90 Å². The van der Waals surface area contributed by atoms with Gasteiger partial charge in [-0.05, 0) is 30.2 Å². The monoisotopic (exact) mass is 291 g/mol. The molecule has 0 aliphatic heterocycles. The molecule has 0 spiro atoms. The number of halogens is 1. The van der Waals surface area contributed by atoms with E-state index in [1.165, 1.54) is 12.3 Å². The lowest BCUT2D eigenvalue weighted by Crippen LogP contribution is -2.13. The lowest BCUT2D eigenvalue weighted by atomic mass is 10.1. The van der Waals surface area contributed by atoms with E-state index < -0.39 is 0 Å². The van der Waals surface area contributed by atoms with E-state index in [1.807, 2.05) is 12.1 Å². The number of carbonyl (C=O) groups is 1. The number of nitrogens with two attached hydrogens (primary N) is 1. The smallest absolute Gasteiger partial charge is 0.258 e. The second-order valence-electron chi connectivity index (χ2n) is 4.23. The van der Waals surface area contributed by atoms with Crippen LogP contribution >= 0.6 is 11.6 Å². The average molecular weight is 292 g/mol. The first-order valence-corrected chi connectivity index (χ1v) is 6.40. The summed E-state index contributed by atoms with van der Waals surface area (Å²) in [5.41, 5.74) is 7.82. The molecule has 0 fully saturated rings. The van der Waals surface area contributed by atoms with Gasteiger partial charge in [0.15, 0.2) is 0 Å². The maximum absolute atomic E-state index is 12.1. The molecule has 0 aliphatic carbocycles. The molecule has 104 valence electrons. The van der Waals surface area contributed by atoms with E-state index in [2.05, 4.69) is 10.3 Å². The Morgan fingerprint density at radius 1 is 1.35 bits per heavy atom. The molecule has 1 amide bonds. The lowest BCUT2D eigenvalue weighted by Gasteiger charge is -2.07. The van der Waals surface area contributed by atoms with Gasteiger partial charge in [0.2, 0.25) is 0 Å². The van der Waals surface area contributed by atoms with Crippen LogP contribution in [0.5, 0.6) is 0 Å². The largest absolute Gasteiger partial charge is 0.397 e. The predicted octanol–water partition coefficient (Wildman–Crippen LogP) is 2.10. The number of rotatable bonds is 4. The normalized spacial score (nSPS) is 10.3. The summed E-state index contributed by atoms with van der Waals surface area (Å²) in [7, 11) is 0. The maximum atomic E-state index is 12.1. The Morgan fingerprint density at radius 3 is 2.70 bits per heavy atom. The second kappa shape index (κ2) is 6.36. The molecule has 0 radical (unpaired) electrons. The third kappa shape index (κ3) is 3.46. The summed E-state index contributed by atoms with van der Waals surface area (Å²) in [5, 5.41) is 11.7. The van der Waals surface area contributed by atoms with E-state index in [0.717, 1.165) is 5.56 Å². The van der Waals surface area contributed by atoms with Crippen LogP contribution in [-0.4, -0.2) is 22.6 Å². The SMILES string of the molecule is Nc1cnc(Cl)c(C(=O)Nc2ccc(CCO)cc2)c1. The number of hydrogen-bond donors (Lipinski definition) is 3. The zero-order chi connectivity index (χ0) is 14.5. The number of aliphatic hydroxyl groups is 1. The fraction of sp³-hybridized carbons (Fsp3) is 0.143.